The summed E-state index contributed by atoms with van der Waals surface area (Å²) in [4.78, 5) is 10.1. The molecule has 1 aromatic rings. The van der Waals surface area contributed by atoms with Gasteiger partial charge in [0.25, 0.3) is 0 Å². The van der Waals surface area contributed by atoms with Gasteiger partial charge < -0.3 is 9.33 Å². The summed E-state index contributed by atoms with van der Waals surface area (Å²) in [7, 11) is 0.180. The largest absolute Gasteiger partial charge is 0.415 e. The van der Waals surface area contributed by atoms with Gasteiger partial charge in [-0.05, 0) is 18.1 Å². The van der Waals surface area contributed by atoms with Crippen molar-refractivity contribution in [2.45, 2.75) is 38.9 Å². The highest BCUT2D eigenvalue weighted by Gasteiger charge is 2.36. The Kier molecular flexibility index (Phi) is 5.26. The number of hydrogen-bond acceptors (Lipinski definition) is 5. The van der Waals surface area contributed by atoms with Gasteiger partial charge in [-0.15, -0.1) is 0 Å². The molecule has 1 aromatic heterocycles. The van der Waals surface area contributed by atoms with E-state index in [4.69, 9.17) is 9.69 Å². The molecule has 0 atom stereocenters. The summed E-state index contributed by atoms with van der Waals surface area (Å²) >= 11 is 0. The minimum atomic E-state index is -1.72. The average Bonchev–Trinajstić information content (AvgIpc) is 2.37. The van der Waals surface area contributed by atoms with Gasteiger partial charge in [-0.25, -0.2) is 9.97 Å². The van der Waals surface area contributed by atoms with Crippen LogP contribution in [0.5, 0.6) is 0 Å². The van der Waals surface area contributed by atoms with Gasteiger partial charge in [-0.1, -0.05) is 20.8 Å². The molecule has 0 bridgehead atoms. The summed E-state index contributed by atoms with van der Waals surface area (Å²) in [5, 5.41) is 9.23. The summed E-state index contributed by atoms with van der Waals surface area (Å²) in [5.41, 5.74) is 0.349. The van der Waals surface area contributed by atoms with E-state index < -0.39 is 8.32 Å². The topological polar surface area (TPSA) is 62.0 Å². The number of hydrogen-bond donors (Lipinski definition) is 0. The van der Waals surface area contributed by atoms with Crippen LogP contribution in [0.2, 0.25) is 18.1 Å². The van der Waals surface area contributed by atoms with Crippen molar-refractivity contribution < 1.29 is 4.43 Å². The third kappa shape index (κ3) is 4.02. The fourth-order valence-electron chi connectivity index (χ4n) is 1.45. The zero-order chi connectivity index (χ0) is 15.4. The second-order valence-electron chi connectivity index (χ2n) is 6.37. The summed E-state index contributed by atoms with van der Waals surface area (Å²) in [6.45, 7) is 12.5. The first kappa shape index (κ1) is 16.6. The maximum atomic E-state index is 9.03. The summed E-state index contributed by atoms with van der Waals surface area (Å²) in [6.07, 6.45) is 3.13. The van der Waals surface area contributed by atoms with E-state index in [9.17, 15) is 0 Å². The predicted molar refractivity (Wildman–Crippen MR) is 83.2 cm³/mol. The van der Waals surface area contributed by atoms with E-state index >= 15 is 0 Å². The SMILES string of the molecule is CN(CCO[Si](C)(C)C(C)(C)C)c1nccnc1C#N. The van der Waals surface area contributed by atoms with E-state index in [-0.39, 0.29) is 5.04 Å². The van der Waals surface area contributed by atoms with Crippen molar-refractivity contribution >= 4 is 14.1 Å². The Bertz CT molecular complexity index is 491. The molecule has 1 heterocycles. The highest BCUT2D eigenvalue weighted by molar-refractivity contribution is 6.74. The average molecular weight is 292 g/mol. The lowest BCUT2D eigenvalue weighted by atomic mass is 10.2. The van der Waals surface area contributed by atoms with Crippen LogP contribution in [0, 0.1) is 11.3 Å². The Labute approximate surface area is 122 Å². The molecule has 0 unspecified atom stereocenters. The van der Waals surface area contributed by atoms with E-state index in [0.717, 1.165) is 0 Å². The summed E-state index contributed by atoms with van der Waals surface area (Å²) in [5.74, 6) is 0.605. The molecule has 6 heteroatoms. The first-order chi connectivity index (χ1) is 9.19. The van der Waals surface area contributed by atoms with E-state index in [1.165, 1.54) is 6.20 Å². The van der Waals surface area contributed by atoms with E-state index in [1.54, 1.807) is 6.20 Å². The van der Waals surface area contributed by atoms with Crippen molar-refractivity contribution in [1.82, 2.24) is 9.97 Å². The van der Waals surface area contributed by atoms with Gasteiger partial charge in [0.15, 0.2) is 19.8 Å². The summed E-state index contributed by atoms with van der Waals surface area (Å²) in [6, 6.07) is 2.06. The molecule has 0 saturated carbocycles. The lowest BCUT2D eigenvalue weighted by Gasteiger charge is -2.36. The van der Waals surface area contributed by atoms with Crippen molar-refractivity contribution in [1.29, 1.82) is 5.26 Å². The normalized spacial score (nSPS) is 12.1. The minimum Gasteiger partial charge on any atom is -0.415 e. The lowest BCUT2D eigenvalue weighted by molar-refractivity contribution is 0.295. The van der Waals surface area contributed by atoms with Crippen molar-refractivity contribution in [2.75, 3.05) is 25.1 Å². The van der Waals surface area contributed by atoms with Crippen LogP contribution in [-0.2, 0) is 4.43 Å². The van der Waals surface area contributed by atoms with Crippen molar-refractivity contribution in [3.63, 3.8) is 0 Å². The molecular formula is C14H24N4OSi. The van der Waals surface area contributed by atoms with E-state index in [0.29, 0.717) is 24.7 Å². The van der Waals surface area contributed by atoms with Crippen molar-refractivity contribution in [3.8, 4) is 6.07 Å². The van der Waals surface area contributed by atoms with Crippen LogP contribution in [0.25, 0.3) is 0 Å². The second kappa shape index (κ2) is 6.33. The van der Waals surface area contributed by atoms with Gasteiger partial charge in [0.2, 0.25) is 0 Å². The molecule has 0 aliphatic rings. The third-order valence-electron chi connectivity index (χ3n) is 3.84. The standard InChI is InChI=1S/C14H24N4OSi/c1-14(2,3)20(5,6)19-10-9-18(4)13-12(11-15)16-7-8-17-13/h7-8H,9-10H2,1-6H3. The van der Waals surface area contributed by atoms with Gasteiger partial charge in [-0.3, -0.25) is 0 Å². The number of anilines is 1. The predicted octanol–water partition coefficient (Wildman–Crippen LogP) is 2.81. The van der Waals surface area contributed by atoms with E-state index in [1.807, 2.05) is 11.9 Å². The molecule has 0 radical (unpaired) electrons. The van der Waals surface area contributed by atoms with E-state index in [2.05, 4.69) is 49.9 Å². The molecule has 0 aromatic carbocycles. The maximum absolute atomic E-state index is 9.03. The number of nitrogens with zero attached hydrogens (tertiary/aromatic N) is 4. The van der Waals surface area contributed by atoms with Crippen molar-refractivity contribution in [3.05, 3.63) is 18.1 Å². The number of rotatable bonds is 5. The van der Waals surface area contributed by atoms with Crippen LogP contribution < -0.4 is 4.90 Å². The Morgan fingerprint density at radius 1 is 1.30 bits per heavy atom. The molecule has 0 amide bonds. The first-order valence-electron chi connectivity index (χ1n) is 6.75. The third-order valence-corrected chi connectivity index (χ3v) is 8.38. The smallest absolute Gasteiger partial charge is 0.192 e. The number of nitriles is 1. The van der Waals surface area contributed by atoms with Gasteiger partial charge in [0, 0.05) is 26.0 Å². The van der Waals surface area contributed by atoms with Gasteiger partial charge in [-0.2, -0.15) is 5.26 Å². The number of aromatic nitrogens is 2. The zero-order valence-electron chi connectivity index (χ0n) is 13.3. The fourth-order valence-corrected chi connectivity index (χ4v) is 2.48. The molecule has 5 nitrogen and oxygen atoms in total. The van der Waals surface area contributed by atoms with Crippen LogP contribution in [0.1, 0.15) is 26.5 Å². The molecule has 0 spiro atoms. The quantitative estimate of drug-likeness (QED) is 0.781. The monoisotopic (exact) mass is 292 g/mol. The van der Waals surface area contributed by atoms with Crippen LogP contribution in [0.3, 0.4) is 0 Å². The molecule has 1 rings (SSSR count). The molecular weight excluding hydrogens is 268 g/mol. The second-order valence-corrected chi connectivity index (χ2v) is 11.2. The number of likely N-dealkylation sites (N-methyl/N-ethyl adjacent to an activating group) is 1. The molecule has 0 aliphatic carbocycles. The van der Waals surface area contributed by atoms with Crippen LogP contribution >= 0.6 is 0 Å². The van der Waals surface area contributed by atoms with Crippen LogP contribution in [0.4, 0.5) is 5.82 Å². The Balaban J connectivity index is 2.61. The Morgan fingerprint density at radius 2 is 1.90 bits per heavy atom. The fraction of sp³-hybridized carbons (Fsp3) is 0.643. The molecule has 0 N–H and O–H groups in total. The van der Waals surface area contributed by atoms with Crippen molar-refractivity contribution in [2.24, 2.45) is 0 Å². The molecule has 0 fully saturated rings. The van der Waals surface area contributed by atoms with Gasteiger partial charge in [0.1, 0.15) is 6.07 Å². The maximum Gasteiger partial charge on any atom is 0.192 e. The Hall–Kier alpha value is -1.45. The van der Waals surface area contributed by atoms with Crippen LogP contribution in [-0.4, -0.2) is 38.5 Å². The lowest BCUT2D eigenvalue weighted by Crippen LogP contribution is -2.42. The van der Waals surface area contributed by atoms with Gasteiger partial charge >= 0.3 is 0 Å². The first-order valence-corrected chi connectivity index (χ1v) is 9.66. The molecule has 20 heavy (non-hydrogen) atoms. The summed E-state index contributed by atoms with van der Waals surface area (Å²) < 4.78 is 6.13. The van der Waals surface area contributed by atoms with Gasteiger partial charge in [0.05, 0.1) is 6.61 Å². The molecule has 110 valence electrons. The molecule has 0 saturated heterocycles. The molecule has 0 aliphatic heterocycles. The minimum absolute atomic E-state index is 0.204. The van der Waals surface area contributed by atoms with Crippen LogP contribution in [0.15, 0.2) is 12.4 Å². The highest BCUT2D eigenvalue weighted by Crippen LogP contribution is 2.36. The Morgan fingerprint density at radius 3 is 2.45 bits per heavy atom. The zero-order valence-corrected chi connectivity index (χ0v) is 14.3. The highest BCUT2D eigenvalue weighted by atomic mass is 28.4.